The van der Waals surface area contributed by atoms with Crippen molar-refractivity contribution in [1.82, 2.24) is 14.4 Å². The quantitative estimate of drug-likeness (QED) is 0.423. The first kappa shape index (κ1) is 24.8. The van der Waals surface area contributed by atoms with E-state index >= 15 is 0 Å². The Bertz CT molecular complexity index is 978. The lowest BCUT2D eigenvalue weighted by Crippen LogP contribution is -2.50. The first-order chi connectivity index (χ1) is 16.5. The van der Waals surface area contributed by atoms with Crippen molar-refractivity contribution in [2.24, 2.45) is 5.92 Å². The standard InChI is InChI=1S/C28H38ClN3O2/c1-3-21(2)31(28(34)22-15-16-22)20-27(33)32(24-11-5-4-6-12-24)19-25-13-9-17-30(25)18-23-10-7-8-14-26(23)29/h7-10,13-14,17,21-22,24H,3-6,11-12,15-16,18-20H2,1-2H3. The van der Waals surface area contributed by atoms with E-state index < -0.39 is 0 Å². The minimum absolute atomic E-state index is 0.0756. The summed E-state index contributed by atoms with van der Waals surface area (Å²) >= 11 is 6.42. The third-order valence-electron chi connectivity index (χ3n) is 7.53. The molecule has 2 aromatic rings. The Labute approximate surface area is 209 Å². The molecule has 0 saturated heterocycles. The molecule has 0 aliphatic heterocycles. The highest BCUT2D eigenvalue weighted by molar-refractivity contribution is 6.31. The van der Waals surface area contributed by atoms with Gasteiger partial charge < -0.3 is 14.4 Å². The van der Waals surface area contributed by atoms with Gasteiger partial charge in [-0.2, -0.15) is 0 Å². The molecule has 1 unspecified atom stereocenters. The van der Waals surface area contributed by atoms with Crippen molar-refractivity contribution in [2.45, 2.75) is 90.4 Å². The van der Waals surface area contributed by atoms with E-state index in [9.17, 15) is 9.59 Å². The second kappa shape index (κ2) is 11.4. The van der Waals surface area contributed by atoms with E-state index in [2.05, 4.69) is 35.6 Å². The van der Waals surface area contributed by atoms with Gasteiger partial charge in [0.15, 0.2) is 0 Å². The molecule has 5 nitrogen and oxygen atoms in total. The first-order valence-electron chi connectivity index (χ1n) is 12.9. The van der Waals surface area contributed by atoms with Crippen molar-refractivity contribution in [3.8, 4) is 0 Å². The van der Waals surface area contributed by atoms with Gasteiger partial charge in [-0.15, -0.1) is 0 Å². The van der Waals surface area contributed by atoms with E-state index in [4.69, 9.17) is 11.6 Å². The van der Waals surface area contributed by atoms with Crippen molar-refractivity contribution in [3.05, 3.63) is 58.9 Å². The van der Waals surface area contributed by atoms with Crippen LogP contribution in [0.5, 0.6) is 0 Å². The number of halogens is 1. The van der Waals surface area contributed by atoms with Crippen LogP contribution in [0.1, 0.15) is 76.5 Å². The first-order valence-corrected chi connectivity index (χ1v) is 13.3. The molecule has 4 rings (SSSR count). The summed E-state index contributed by atoms with van der Waals surface area (Å²) in [5.41, 5.74) is 2.16. The molecular weight excluding hydrogens is 446 g/mol. The molecule has 1 aromatic carbocycles. The minimum atomic E-state index is 0.0756. The Morgan fingerprint density at radius 2 is 1.79 bits per heavy atom. The van der Waals surface area contributed by atoms with E-state index in [1.165, 1.54) is 6.42 Å². The fraction of sp³-hybridized carbons (Fsp3) is 0.571. The van der Waals surface area contributed by atoms with Crippen molar-refractivity contribution in [1.29, 1.82) is 0 Å². The number of aromatic nitrogens is 1. The van der Waals surface area contributed by atoms with E-state index in [1.54, 1.807) is 0 Å². The average molecular weight is 484 g/mol. The maximum absolute atomic E-state index is 13.8. The van der Waals surface area contributed by atoms with Crippen LogP contribution in [0.2, 0.25) is 5.02 Å². The van der Waals surface area contributed by atoms with Crippen molar-refractivity contribution >= 4 is 23.4 Å². The second-order valence-electron chi connectivity index (χ2n) is 10.0. The lowest BCUT2D eigenvalue weighted by molar-refractivity contribution is -0.145. The van der Waals surface area contributed by atoms with Crippen LogP contribution in [0.15, 0.2) is 42.6 Å². The van der Waals surface area contributed by atoms with Gasteiger partial charge >= 0.3 is 0 Å². The molecule has 2 saturated carbocycles. The van der Waals surface area contributed by atoms with E-state index in [-0.39, 0.29) is 36.4 Å². The van der Waals surface area contributed by atoms with Crippen LogP contribution in [-0.4, -0.2) is 44.8 Å². The third kappa shape index (κ3) is 6.04. The van der Waals surface area contributed by atoms with Gasteiger partial charge in [-0.25, -0.2) is 0 Å². The zero-order chi connectivity index (χ0) is 24.1. The zero-order valence-electron chi connectivity index (χ0n) is 20.6. The second-order valence-corrected chi connectivity index (χ2v) is 10.4. The molecular formula is C28H38ClN3O2. The number of nitrogens with zero attached hydrogens (tertiary/aromatic N) is 3. The van der Waals surface area contributed by atoms with Crippen LogP contribution in [-0.2, 0) is 22.7 Å². The fourth-order valence-electron chi connectivity index (χ4n) is 5.02. The Hall–Kier alpha value is -2.27. The number of hydrogen-bond donors (Lipinski definition) is 0. The van der Waals surface area contributed by atoms with Crippen LogP contribution >= 0.6 is 11.6 Å². The molecule has 2 fully saturated rings. The predicted octanol–water partition coefficient (Wildman–Crippen LogP) is 5.89. The Balaban J connectivity index is 1.54. The summed E-state index contributed by atoms with van der Waals surface area (Å²) in [5.74, 6) is 0.359. The molecule has 34 heavy (non-hydrogen) atoms. The van der Waals surface area contributed by atoms with Crippen molar-refractivity contribution in [3.63, 3.8) is 0 Å². The van der Waals surface area contributed by atoms with Crippen LogP contribution in [0.3, 0.4) is 0 Å². The molecule has 1 atom stereocenters. The lowest BCUT2D eigenvalue weighted by atomic mass is 9.94. The highest BCUT2D eigenvalue weighted by Crippen LogP contribution is 2.32. The molecule has 2 amide bonds. The summed E-state index contributed by atoms with van der Waals surface area (Å²) in [6, 6.07) is 12.4. The van der Waals surface area contributed by atoms with Gasteiger partial charge in [-0.05, 0) is 62.8 Å². The number of carbonyl (C=O) groups is 2. The molecule has 184 valence electrons. The summed E-state index contributed by atoms with van der Waals surface area (Å²) in [6.07, 6.45) is 10.5. The normalized spacial score (nSPS) is 17.4. The SMILES string of the molecule is CCC(C)N(CC(=O)N(Cc1cccn1Cc1ccccc1Cl)C1CCCCC1)C(=O)C1CC1. The van der Waals surface area contributed by atoms with E-state index in [0.717, 1.165) is 61.2 Å². The molecule has 0 spiro atoms. The zero-order valence-corrected chi connectivity index (χ0v) is 21.3. The lowest BCUT2D eigenvalue weighted by Gasteiger charge is -2.37. The van der Waals surface area contributed by atoms with Crippen LogP contribution in [0.25, 0.3) is 0 Å². The monoisotopic (exact) mass is 483 g/mol. The molecule has 1 aromatic heterocycles. The fourth-order valence-corrected chi connectivity index (χ4v) is 5.21. The number of carbonyl (C=O) groups excluding carboxylic acids is 2. The Kier molecular flexibility index (Phi) is 8.36. The molecule has 0 N–H and O–H groups in total. The summed E-state index contributed by atoms with van der Waals surface area (Å²) in [4.78, 5) is 30.7. The molecule has 0 bridgehead atoms. The van der Waals surface area contributed by atoms with Crippen LogP contribution in [0.4, 0.5) is 0 Å². The summed E-state index contributed by atoms with van der Waals surface area (Å²) in [7, 11) is 0. The van der Waals surface area contributed by atoms with Crippen molar-refractivity contribution in [2.75, 3.05) is 6.54 Å². The summed E-state index contributed by atoms with van der Waals surface area (Å²) in [6.45, 7) is 5.57. The topological polar surface area (TPSA) is 45.6 Å². The highest BCUT2D eigenvalue weighted by Gasteiger charge is 2.37. The summed E-state index contributed by atoms with van der Waals surface area (Å²) < 4.78 is 2.19. The Morgan fingerprint density at radius 1 is 1.06 bits per heavy atom. The van der Waals surface area contributed by atoms with Gasteiger partial charge in [0.05, 0.1) is 6.54 Å². The molecule has 2 aliphatic rings. The predicted molar refractivity (Wildman–Crippen MR) is 137 cm³/mol. The van der Waals surface area contributed by atoms with Crippen molar-refractivity contribution < 1.29 is 9.59 Å². The van der Waals surface area contributed by atoms with Gasteiger partial charge in [-0.3, -0.25) is 9.59 Å². The van der Waals surface area contributed by atoms with Gasteiger partial charge in [0.2, 0.25) is 11.8 Å². The van der Waals surface area contributed by atoms with Crippen LogP contribution in [0, 0.1) is 5.92 Å². The molecule has 0 radical (unpaired) electrons. The summed E-state index contributed by atoms with van der Waals surface area (Å²) in [5, 5.41) is 0.755. The third-order valence-corrected chi connectivity index (χ3v) is 7.90. The molecule has 1 heterocycles. The number of benzene rings is 1. The van der Waals surface area contributed by atoms with Gasteiger partial charge in [0.1, 0.15) is 6.54 Å². The van der Waals surface area contributed by atoms with E-state index in [1.807, 2.05) is 35.2 Å². The molecule has 2 aliphatic carbocycles. The maximum Gasteiger partial charge on any atom is 0.242 e. The molecule has 6 heteroatoms. The van der Waals surface area contributed by atoms with Gasteiger partial charge in [-0.1, -0.05) is 56.0 Å². The highest BCUT2D eigenvalue weighted by atomic mass is 35.5. The number of hydrogen-bond acceptors (Lipinski definition) is 2. The maximum atomic E-state index is 13.8. The Morgan fingerprint density at radius 3 is 2.47 bits per heavy atom. The van der Waals surface area contributed by atoms with E-state index in [0.29, 0.717) is 13.1 Å². The average Bonchev–Trinajstić information content (AvgIpc) is 3.62. The number of rotatable bonds is 10. The van der Waals surface area contributed by atoms with Gasteiger partial charge in [0, 0.05) is 41.5 Å². The van der Waals surface area contributed by atoms with Gasteiger partial charge in [0.25, 0.3) is 0 Å². The van der Waals surface area contributed by atoms with Crippen LogP contribution < -0.4 is 0 Å². The number of amides is 2. The smallest absolute Gasteiger partial charge is 0.242 e. The largest absolute Gasteiger partial charge is 0.345 e. The minimum Gasteiger partial charge on any atom is -0.345 e.